The fraction of sp³-hybridized carbons (Fsp3) is 0.312. The molecule has 2 aromatic heterocycles. The number of β-amino-alcohol motifs (C(OH)–C–C–N with tert-alkyl or cyclic N) is 1. The van der Waals surface area contributed by atoms with Crippen molar-refractivity contribution in [2.75, 3.05) is 23.3 Å². The number of aliphatic hydroxyl groups excluding tert-OH is 1. The molecule has 0 amide bonds. The maximum Gasteiger partial charge on any atom is 0.229 e. The van der Waals surface area contributed by atoms with E-state index in [1.165, 1.54) is 0 Å². The third-order valence-electron chi connectivity index (χ3n) is 4.08. The molecule has 0 aliphatic carbocycles. The second kappa shape index (κ2) is 5.85. The van der Waals surface area contributed by atoms with Gasteiger partial charge in [0.1, 0.15) is 5.82 Å². The first-order valence-electron chi connectivity index (χ1n) is 7.75. The number of aromatic amines is 1. The summed E-state index contributed by atoms with van der Waals surface area (Å²) in [7, 11) is 0. The number of rotatable bonds is 3. The summed E-state index contributed by atoms with van der Waals surface area (Å²) in [5.74, 6) is 1.36. The first-order chi connectivity index (χ1) is 11.3. The Kier molecular flexibility index (Phi) is 3.55. The van der Waals surface area contributed by atoms with Crippen molar-refractivity contribution in [3.05, 3.63) is 36.7 Å². The highest BCUT2D eigenvalue weighted by molar-refractivity contribution is 5.91. The van der Waals surface area contributed by atoms with Gasteiger partial charge in [-0.25, -0.2) is 4.98 Å². The van der Waals surface area contributed by atoms with Crippen LogP contribution in [0.2, 0.25) is 0 Å². The maximum absolute atomic E-state index is 9.83. The van der Waals surface area contributed by atoms with Gasteiger partial charge in [-0.05, 0) is 25.0 Å². The van der Waals surface area contributed by atoms with Crippen molar-refractivity contribution in [3.8, 4) is 0 Å². The van der Waals surface area contributed by atoms with E-state index in [1.54, 1.807) is 12.4 Å². The molecule has 118 valence electrons. The highest BCUT2D eigenvalue weighted by Crippen LogP contribution is 2.24. The van der Waals surface area contributed by atoms with Crippen LogP contribution < -0.4 is 10.2 Å². The number of hydrogen-bond donors (Lipinski definition) is 3. The van der Waals surface area contributed by atoms with E-state index in [-0.39, 0.29) is 6.10 Å². The van der Waals surface area contributed by atoms with Crippen LogP contribution in [-0.2, 0) is 0 Å². The van der Waals surface area contributed by atoms with Crippen LogP contribution in [-0.4, -0.2) is 44.5 Å². The highest BCUT2D eigenvalue weighted by atomic mass is 16.3. The SMILES string of the molecule is OC1CCCN(c2ccnc(Nc3cccc4cn[nH]c34)n2)C1. The second-order valence-corrected chi connectivity index (χ2v) is 5.75. The number of nitrogens with one attached hydrogen (secondary N) is 2. The lowest BCUT2D eigenvalue weighted by molar-refractivity contribution is 0.154. The van der Waals surface area contributed by atoms with Gasteiger partial charge in [-0.15, -0.1) is 0 Å². The average Bonchev–Trinajstić information content (AvgIpc) is 3.05. The minimum Gasteiger partial charge on any atom is -0.391 e. The summed E-state index contributed by atoms with van der Waals surface area (Å²) in [4.78, 5) is 11.0. The van der Waals surface area contributed by atoms with Gasteiger partial charge in [-0.2, -0.15) is 10.1 Å². The number of benzene rings is 1. The Labute approximate surface area is 133 Å². The van der Waals surface area contributed by atoms with Crippen LogP contribution in [0, 0.1) is 0 Å². The summed E-state index contributed by atoms with van der Waals surface area (Å²) in [5.41, 5.74) is 1.81. The third-order valence-corrected chi connectivity index (χ3v) is 4.08. The van der Waals surface area contributed by atoms with E-state index in [9.17, 15) is 5.11 Å². The number of aromatic nitrogens is 4. The zero-order chi connectivity index (χ0) is 15.6. The van der Waals surface area contributed by atoms with Gasteiger partial charge in [0.15, 0.2) is 0 Å². The quantitative estimate of drug-likeness (QED) is 0.686. The molecule has 4 rings (SSSR count). The molecule has 0 bridgehead atoms. The van der Waals surface area contributed by atoms with Crippen LogP contribution in [0.4, 0.5) is 17.5 Å². The Balaban J connectivity index is 1.60. The minimum atomic E-state index is -0.283. The second-order valence-electron chi connectivity index (χ2n) is 5.75. The molecule has 0 saturated carbocycles. The number of H-pyrrole nitrogens is 1. The molecule has 0 spiro atoms. The van der Waals surface area contributed by atoms with E-state index in [1.807, 2.05) is 24.3 Å². The number of piperidine rings is 1. The molecule has 1 unspecified atom stereocenters. The van der Waals surface area contributed by atoms with E-state index >= 15 is 0 Å². The van der Waals surface area contributed by atoms with Gasteiger partial charge in [-0.1, -0.05) is 12.1 Å². The van der Waals surface area contributed by atoms with Gasteiger partial charge in [0.25, 0.3) is 0 Å². The van der Waals surface area contributed by atoms with Crippen molar-refractivity contribution in [2.45, 2.75) is 18.9 Å². The molecule has 3 N–H and O–H groups in total. The summed E-state index contributed by atoms with van der Waals surface area (Å²) in [6.45, 7) is 1.52. The van der Waals surface area contributed by atoms with Crippen LogP contribution in [0.1, 0.15) is 12.8 Å². The first kappa shape index (κ1) is 14.0. The molecule has 7 heteroatoms. The van der Waals surface area contributed by atoms with Crippen LogP contribution in [0.3, 0.4) is 0 Å². The topological polar surface area (TPSA) is 90.0 Å². The number of anilines is 3. The standard InChI is InChI=1S/C16H18N6O/c23-12-4-2-8-22(10-12)14-6-7-17-16(20-14)19-13-5-1-3-11-9-18-21-15(11)13/h1,3,5-7,9,12,23H,2,4,8,10H2,(H,18,21)(H,17,19,20). The van der Waals surface area contributed by atoms with Crippen molar-refractivity contribution >= 4 is 28.4 Å². The molecular formula is C16H18N6O. The van der Waals surface area contributed by atoms with E-state index in [0.29, 0.717) is 12.5 Å². The van der Waals surface area contributed by atoms with Crippen molar-refractivity contribution < 1.29 is 5.11 Å². The van der Waals surface area contributed by atoms with Crippen molar-refractivity contribution in [2.24, 2.45) is 0 Å². The average molecular weight is 310 g/mol. The summed E-state index contributed by atoms with van der Waals surface area (Å²) < 4.78 is 0. The zero-order valence-corrected chi connectivity index (χ0v) is 12.6. The zero-order valence-electron chi connectivity index (χ0n) is 12.6. The van der Waals surface area contributed by atoms with E-state index in [2.05, 4.69) is 30.4 Å². The summed E-state index contributed by atoms with van der Waals surface area (Å²) >= 11 is 0. The van der Waals surface area contributed by atoms with Gasteiger partial charge >= 0.3 is 0 Å². The number of para-hydroxylation sites is 1. The van der Waals surface area contributed by atoms with Crippen LogP contribution >= 0.6 is 0 Å². The predicted octanol–water partition coefficient (Wildman–Crippen LogP) is 2.06. The molecule has 1 aliphatic heterocycles. The Bertz CT molecular complexity index is 817. The molecule has 1 atom stereocenters. The Morgan fingerprint density at radius 2 is 2.26 bits per heavy atom. The van der Waals surface area contributed by atoms with Gasteiger partial charge in [0.05, 0.1) is 23.5 Å². The number of aliphatic hydroxyl groups is 1. The number of fused-ring (bicyclic) bond motifs is 1. The number of nitrogens with zero attached hydrogens (tertiary/aromatic N) is 4. The lowest BCUT2D eigenvalue weighted by Crippen LogP contribution is -2.38. The summed E-state index contributed by atoms with van der Waals surface area (Å²) in [6.07, 6.45) is 5.07. The van der Waals surface area contributed by atoms with Crippen molar-refractivity contribution in [3.63, 3.8) is 0 Å². The van der Waals surface area contributed by atoms with Crippen LogP contribution in [0.15, 0.2) is 36.7 Å². The largest absolute Gasteiger partial charge is 0.391 e. The molecule has 1 saturated heterocycles. The Morgan fingerprint density at radius 1 is 1.30 bits per heavy atom. The molecule has 7 nitrogen and oxygen atoms in total. The lowest BCUT2D eigenvalue weighted by atomic mass is 10.1. The smallest absolute Gasteiger partial charge is 0.229 e. The van der Waals surface area contributed by atoms with Crippen LogP contribution in [0.25, 0.3) is 10.9 Å². The van der Waals surface area contributed by atoms with Gasteiger partial charge in [0, 0.05) is 24.7 Å². The van der Waals surface area contributed by atoms with Gasteiger partial charge in [-0.3, -0.25) is 5.10 Å². The van der Waals surface area contributed by atoms with Gasteiger partial charge < -0.3 is 15.3 Å². The normalized spacial score (nSPS) is 18.3. The monoisotopic (exact) mass is 310 g/mol. The number of hydrogen-bond acceptors (Lipinski definition) is 6. The maximum atomic E-state index is 9.83. The minimum absolute atomic E-state index is 0.283. The third kappa shape index (κ3) is 2.83. The fourth-order valence-corrected chi connectivity index (χ4v) is 2.94. The summed E-state index contributed by atoms with van der Waals surface area (Å²) in [5, 5.41) is 21.1. The lowest BCUT2D eigenvalue weighted by Gasteiger charge is -2.31. The Morgan fingerprint density at radius 3 is 3.17 bits per heavy atom. The van der Waals surface area contributed by atoms with Crippen molar-refractivity contribution in [1.29, 1.82) is 0 Å². The predicted molar refractivity (Wildman–Crippen MR) is 88.9 cm³/mol. The Hall–Kier alpha value is -2.67. The molecule has 23 heavy (non-hydrogen) atoms. The van der Waals surface area contributed by atoms with E-state index in [4.69, 9.17) is 0 Å². The van der Waals surface area contributed by atoms with Crippen LogP contribution in [0.5, 0.6) is 0 Å². The molecule has 3 aromatic rings. The van der Waals surface area contributed by atoms with Gasteiger partial charge in [0.2, 0.25) is 5.95 Å². The molecule has 1 aliphatic rings. The van der Waals surface area contributed by atoms with E-state index in [0.717, 1.165) is 41.8 Å². The molecule has 3 heterocycles. The van der Waals surface area contributed by atoms with E-state index < -0.39 is 0 Å². The van der Waals surface area contributed by atoms with Crippen molar-refractivity contribution in [1.82, 2.24) is 20.2 Å². The first-order valence-corrected chi connectivity index (χ1v) is 7.75. The summed E-state index contributed by atoms with van der Waals surface area (Å²) in [6, 6.07) is 7.79. The molecule has 1 aromatic carbocycles. The molecule has 1 fully saturated rings. The molecular weight excluding hydrogens is 292 g/mol. The fourth-order valence-electron chi connectivity index (χ4n) is 2.94. The molecule has 0 radical (unpaired) electrons. The highest BCUT2D eigenvalue weighted by Gasteiger charge is 2.19.